The van der Waals surface area contributed by atoms with Crippen molar-refractivity contribution in [3.05, 3.63) is 0 Å². The summed E-state index contributed by atoms with van der Waals surface area (Å²) in [5.41, 5.74) is -1.59. The summed E-state index contributed by atoms with van der Waals surface area (Å²) in [6.07, 6.45) is -1.70. The molecular formula is C12H22BO7P. The van der Waals surface area contributed by atoms with Crippen molar-refractivity contribution in [2.45, 2.75) is 57.1 Å². The van der Waals surface area contributed by atoms with Crippen molar-refractivity contribution in [2.24, 2.45) is 5.92 Å². The summed E-state index contributed by atoms with van der Waals surface area (Å²) in [5, 5.41) is 19.9. The van der Waals surface area contributed by atoms with Crippen molar-refractivity contribution < 1.29 is 33.1 Å². The molecule has 2 radical (unpaired) electrons. The van der Waals surface area contributed by atoms with Gasteiger partial charge in [0, 0.05) is 6.00 Å². The zero-order chi connectivity index (χ0) is 15.8. The molecule has 2 fully saturated rings. The largest absolute Gasteiger partial charge is 0.475 e. The Balaban J connectivity index is 1.92. The first kappa shape index (κ1) is 17.4. The van der Waals surface area contributed by atoms with Gasteiger partial charge < -0.3 is 14.9 Å². The second kappa shape index (κ2) is 6.28. The molecule has 0 aromatic heterocycles. The van der Waals surface area contributed by atoms with E-state index in [9.17, 15) is 14.8 Å². The van der Waals surface area contributed by atoms with Crippen LogP contribution in [0.4, 0.5) is 0 Å². The van der Waals surface area contributed by atoms with E-state index in [2.05, 4.69) is 0 Å². The smallest absolute Gasteiger partial charge is 0.387 e. The van der Waals surface area contributed by atoms with E-state index in [0.717, 1.165) is 0 Å². The summed E-state index contributed by atoms with van der Waals surface area (Å²) in [6, 6.07) is -1.04. The Morgan fingerprint density at radius 1 is 1.52 bits per heavy atom. The Bertz CT molecular complexity index is 416. The number of phosphoric acid groups is 1. The van der Waals surface area contributed by atoms with E-state index in [1.807, 2.05) is 13.8 Å². The van der Waals surface area contributed by atoms with Crippen molar-refractivity contribution >= 4 is 15.7 Å². The minimum Gasteiger partial charge on any atom is -0.387 e. The fourth-order valence-electron chi connectivity index (χ4n) is 2.29. The van der Waals surface area contributed by atoms with Gasteiger partial charge >= 0.3 is 7.82 Å². The third-order valence-electron chi connectivity index (χ3n) is 3.91. The minimum absolute atomic E-state index is 0.188. The molecule has 0 aromatic carbocycles. The zero-order valence-electron chi connectivity index (χ0n) is 12.5. The number of aliphatic hydroxyl groups is 2. The van der Waals surface area contributed by atoms with E-state index in [1.165, 1.54) is 6.92 Å². The average Bonchev–Trinajstić information content (AvgIpc) is 2.60. The van der Waals surface area contributed by atoms with Crippen molar-refractivity contribution in [1.29, 1.82) is 0 Å². The fourth-order valence-corrected chi connectivity index (χ4v) is 3.83. The monoisotopic (exact) mass is 320 g/mol. The lowest BCUT2D eigenvalue weighted by molar-refractivity contribution is -0.0511. The molecule has 0 bridgehead atoms. The zero-order valence-corrected chi connectivity index (χ0v) is 13.4. The topological polar surface area (TPSA) is 94.5 Å². The van der Waals surface area contributed by atoms with Gasteiger partial charge in [-0.15, -0.1) is 0 Å². The molecular weight excluding hydrogens is 298 g/mol. The first-order chi connectivity index (χ1) is 9.66. The van der Waals surface area contributed by atoms with Gasteiger partial charge in [-0.2, -0.15) is 0 Å². The second-order valence-corrected chi connectivity index (χ2v) is 7.64. The first-order valence-electron chi connectivity index (χ1n) is 7.05. The normalized spacial score (nSPS) is 47.9. The molecule has 2 heterocycles. The van der Waals surface area contributed by atoms with Gasteiger partial charge in [0.25, 0.3) is 0 Å². The summed E-state index contributed by atoms with van der Waals surface area (Å²) in [6.45, 7) is 5.33. The molecule has 6 atom stereocenters. The predicted molar refractivity (Wildman–Crippen MR) is 74.9 cm³/mol. The summed E-state index contributed by atoms with van der Waals surface area (Å²) < 4.78 is 33.3. The molecule has 0 aliphatic carbocycles. The van der Waals surface area contributed by atoms with Crippen LogP contribution in [0.5, 0.6) is 0 Å². The number of hydrogen-bond acceptors (Lipinski definition) is 7. The summed E-state index contributed by atoms with van der Waals surface area (Å²) in [4.78, 5) is 0. The predicted octanol–water partition coefficient (Wildman–Crippen LogP) is 0.578. The highest BCUT2D eigenvalue weighted by Crippen LogP contribution is 2.54. The Labute approximate surface area is 125 Å². The van der Waals surface area contributed by atoms with Crippen LogP contribution in [0.3, 0.4) is 0 Å². The number of phosphoric ester groups is 1. The van der Waals surface area contributed by atoms with Gasteiger partial charge in [0.05, 0.1) is 19.3 Å². The molecule has 0 aromatic rings. The van der Waals surface area contributed by atoms with Crippen LogP contribution in [0.15, 0.2) is 0 Å². The van der Waals surface area contributed by atoms with Gasteiger partial charge in [0.1, 0.15) is 25.7 Å². The number of ether oxygens (including phenoxy) is 1. The molecule has 0 amide bonds. The van der Waals surface area contributed by atoms with Gasteiger partial charge in [-0.1, -0.05) is 13.8 Å². The molecule has 2 rings (SSSR count). The maximum atomic E-state index is 12.4. The molecule has 9 heteroatoms. The third kappa shape index (κ3) is 3.70. The van der Waals surface area contributed by atoms with E-state index >= 15 is 0 Å². The maximum absolute atomic E-state index is 12.4. The summed E-state index contributed by atoms with van der Waals surface area (Å²) in [7, 11) is 1.90. The van der Waals surface area contributed by atoms with E-state index in [1.54, 1.807) is 0 Å². The lowest BCUT2D eigenvalue weighted by Crippen LogP contribution is -2.46. The van der Waals surface area contributed by atoms with Crippen molar-refractivity contribution in [2.75, 3.05) is 13.2 Å². The van der Waals surface area contributed by atoms with Gasteiger partial charge in [0.15, 0.2) is 0 Å². The van der Waals surface area contributed by atoms with Crippen molar-refractivity contribution in [1.82, 2.24) is 0 Å². The van der Waals surface area contributed by atoms with Crippen LogP contribution in [0.25, 0.3) is 0 Å². The Hall–Kier alpha value is 0.0549. The van der Waals surface area contributed by atoms with Crippen LogP contribution in [0, 0.1) is 5.92 Å². The Morgan fingerprint density at radius 3 is 2.71 bits per heavy atom. The molecule has 0 spiro atoms. The van der Waals surface area contributed by atoms with Crippen molar-refractivity contribution in [3.8, 4) is 0 Å². The fraction of sp³-hybridized carbons (Fsp3) is 1.00. The van der Waals surface area contributed by atoms with Crippen LogP contribution < -0.4 is 0 Å². The second-order valence-electron chi connectivity index (χ2n) is 6.02. The molecule has 2 unspecified atom stereocenters. The highest BCUT2D eigenvalue weighted by molar-refractivity contribution is 7.48. The average molecular weight is 320 g/mol. The van der Waals surface area contributed by atoms with E-state index < -0.39 is 31.6 Å². The number of aliphatic hydroxyl groups excluding tert-OH is 1. The van der Waals surface area contributed by atoms with Crippen LogP contribution in [0.1, 0.15) is 27.2 Å². The quantitative estimate of drug-likeness (QED) is 0.578. The molecule has 21 heavy (non-hydrogen) atoms. The molecule has 120 valence electrons. The molecule has 2 N–H and O–H groups in total. The van der Waals surface area contributed by atoms with Gasteiger partial charge in [-0.05, 0) is 19.3 Å². The van der Waals surface area contributed by atoms with Crippen LogP contribution in [-0.2, 0) is 22.9 Å². The molecule has 0 saturated carbocycles. The Morgan fingerprint density at radius 2 is 2.19 bits per heavy atom. The van der Waals surface area contributed by atoms with E-state index in [0.29, 0.717) is 6.42 Å². The van der Waals surface area contributed by atoms with Gasteiger partial charge in [0.2, 0.25) is 0 Å². The molecule has 2 aliphatic rings. The summed E-state index contributed by atoms with van der Waals surface area (Å²) in [5.74, 6) is 0.188. The highest BCUT2D eigenvalue weighted by Gasteiger charge is 2.50. The minimum atomic E-state index is -3.68. The summed E-state index contributed by atoms with van der Waals surface area (Å²) >= 11 is 0. The first-order valence-corrected chi connectivity index (χ1v) is 8.51. The van der Waals surface area contributed by atoms with Gasteiger partial charge in [-0.3, -0.25) is 13.6 Å². The van der Waals surface area contributed by atoms with E-state index in [-0.39, 0.29) is 25.2 Å². The third-order valence-corrected chi connectivity index (χ3v) is 5.40. The standard InChI is InChI=1S/C12H22BO7P/c1-7(2)8-4-5-17-21(16,20-8)18-6-9-10(14)12(3,15)11(13)19-9/h7-11,14-15H,4-6H2,1-3H3/t8?,9-,10-,11-,12-,21?/m1/s1. The van der Waals surface area contributed by atoms with Crippen molar-refractivity contribution in [3.63, 3.8) is 0 Å². The van der Waals surface area contributed by atoms with Crippen LogP contribution in [-0.4, -0.2) is 61.2 Å². The molecule has 7 nitrogen and oxygen atoms in total. The maximum Gasteiger partial charge on any atom is 0.475 e. The van der Waals surface area contributed by atoms with Crippen LogP contribution >= 0.6 is 7.82 Å². The SMILES string of the molecule is [B][C@@H]1O[C@H](COP2(=O)OCCC(C(C)C)O2)[C@@H](O)[C@@]1(C)O. The lowest BCUT2D eigenvalue weighted by Gasteiger charge is -2.31. The molecule has 2 aliphatic heterocycles. The number of rotatable bonds is 4. The Kier molecular flexibility index (Phi) is 5.21. The van der Waals surface area contributed by atoms with Crippen LogP contribution in [0.2, 0.25) is 0 Å². The molecule has 2 saturated heterocycles. The van der Waals surface area contributed by atoms with Gasteiger partial charge in [-0.25, -0.2) is 4.57 Å². The highest BCUT2D eigenvalue weighted by atomic mass is 31.2. The lowest BCUT2D eigenvalue weighted by atomic mass is 9.82. The van der Waals surface area contributed by atoms with E-state index in [4.69, 9.17) is 26.2 Å². The number of hydrogen-bond donors (Lipinski definition) is 2.